The van der Waals surface area contributed by atoms with Crippen LogP contribution in [0.2, 0.25) is 0 Å². The predicted octanol–water partition coefficient (Wildman–Crippen LogP) is 1.19. The van der Waals surface area contributed by atoms with Gasteiger partial charge in [-0.25, -0.2) is 0 Å². The molecule has 0 saturated heterocycles. The van der Waals surface area contributed by atoms with Crippen LogP contribution in [0.1, 0.15) is 35.9 Å². The number of aryl methyl sites for hydroxylation is 1. The first-order valence-corrected chi connectivity index (χ1v) is 6.13. The molecular weight excluding hydrogens is 214 g/mol. The summed E-state index contributed by atoms with van der Waals surface area (Å²) in [6, 6.07) is 3.81. The van der Waals surface area contributed by atoms with Gasteiger partial charge in [-0.3, -0.25) is 4.79 Å². The summed E-state index contributed by atoms with van der Waals surface area (Å²) in [5.74, 6) is 0.512. The average Bonchev–Trinajstić information content (AvgIpc) is 3.08. The lowest BCUT2D eigenvalue weighted by atomic mass is 9.96. The summed E-state index contributed by atoms with van der Waals surface area (Å²) < 4.78 is 1.90. The van der Waals surface area contributed by atoms with Crippen molar-refractivity contribution in [2.45, 2.75) is 32.2 Å². The first-order chi connectivity index (χ1) is 7.98. The van der Waals surface area contributed by atoms with E-state index >= 15 is 0 Å². The van der Waals surface area contributed by atoms with Gasteiger partial charge in [0, 0.05) is 19.3 Å². The molecule has 1 aromatic rings. The molecule has 1 unspecified atom stereocenters. The summed E-state index contributed by atoms with van der Waals surface area (Å²) in [5.41, 5.74) is 7.32. The second-order valence-electron chi connectivity index (χ2n) is 5.27. The van der Waals surface area contributed by atoms with Crippen LogP contribution in [0.5, 0.6) is 0 Å². The van der Waals surface area contributed by atoms with Gasteiger partial charge in [0.15, 0.2) is 0 Å². The highest BCUT2D eigenvalue weighted by Crippen LogP contribution is 2.39. The summed E-state index contributed by atoms with van der Waals surface area (Å²) in [6.07, 6.45) is 2.33. The van der Waals surface area contributed by atoms with Crippen LogP contribution in [0.25, 0.3) is 0 Å². The van der Waals surface area contributed by atoms with Crippen LogP contribution >= 0.6 is 0 Å². The van der Waals surface area contributed by atoms with E-state index in [1.807, 2.05) is 37.6 Å². The Morgan fingerprint density at radius 2 is 2.24 bits per heavy atom. The molecule has 1 saturated carbocycles. The predicted molar refractivity (Wildman–Crippen MR) is 67.8 cm³/mol. The number of nitrogens with two attached hydrogens (primary N) is 1. The third-order valence-electron chi connectivity index (χ3n) is 3.91. The SMILES string of the molecule is Cc1ccc(C(=O)NC(C)(CN)C2CC2)n1C. The van der Waals surface area contributed by atoms with Crippen LogP contribution in [0.4, 0.5) is 0 Å². The molecule has 0 bridgehead atoms. The summed E-state index contributed by atoms with van der Waals surface area (Å²) in [6.45, 7) is 4.52. The summed E-state index contributed by atoms with van der Waals surface area (Å²) >= 11 is 0. The highest BCUT2D eigenvalue weighted by molar-refractivity contribution is 5.93. The van der Waals surface area contributed by atoms with Crippen molar-refractivity contribution in [1.82, 2.24) is 9.88 Å². The van der Waals surface area contributed by atoms with Crippen LogP contribution in [-0.4, -0.2) is 22.6 Å². The molecule has 0 aliphatic heterocycles. The molecule has 0 radical (unpaired) electrons. The summed E-state index contributed by atoms with van der Waals surface area (Å²) in [5, 5.41) is 3.09. The largest absolute Gasteiger partial charge is 0.344 e. The molecule has 3 N–H and O–H groups in total. The highest BCUT2D eigenvalue weighted by Gasteiger charge is 2.41. The van der Waals surface area contributed by atoms with Crippen molar-refractivity contribution >= 4 is 5.91 Å². The van der Waals surface area contributed by atoms with Gasteiger partial charge >= 0.3 is 0 Å². The molecule has 1 atom stereocenters. The Morgan fingerprint density at radius 3 is 2.65 bits per heavy atom. The monoisotopic (exact) mass is 235 g/mol. The van der Waals surface area contributed by atoms with Gasteiger partial charge in [0.25, 0.3) is 5.91 Å². The van der Waals surface area contributed by atoms with Crippen molar-refractivity contribution < 1.29 is 4.79 Å². The smallest absolute Gasteiger partial charge is 0.268 e. The van der Waals surface area contributed by atoms with Gasteiger partial charge in [-0.15, -0.1) is 0 Å². The number of carbonyl (C=O) groups excluding carboxylic acids is 1. The topological polar surface area (TPSA) is 60.1 Å². The van der Waals surface area contributed by atoms with Crippen LogP contribution in [0, 0.1) is 12.8 Å². The lowest BCUT2D eigenvalue weighted by Gasteiger charge is -2.29. The standard InChI is InChI=1S/C13H21N3O/c1-9-4-7-11(16(9)3)12(17)15-13(2,8-14)10-5-6-10/h4,7,10H,5-6,8,14H2,1-3H3,(H,15,17). The van der Waals surface area contributed by atoms with E-state index in [0.717, 1.165) is 5.69 Å². The minimum atomic E-state index is -0.255. The quantitative estimate of drug-likeness (QED) is 0.823. The molecule has 1 heterocycles. The number of hydrogen-bond donors (Lipinski definition) is 2. The molecule has 1 aliphatic rings. The maximum absolute atomic E-state index is 12.2. The van der Waals surface area contributed by atoms with E-state index in [0.29, 0.717) is 18.2 Å². The third kappa shape index (κ3) is 2.22. The van der Waals surface area contributed by atoms with Gasteiger partial charge in [-0.2, -0.15) is 0 Å². The van der Waals surface area contributed by atoms with Crippen LogP contribution in [0.15, 0.2) is 12.1 Å². The molecule has 1 amide bonds. The molecule has 2 rings (SSSR count). The number of hydrogen-bond acceptors (Lipinski definition) is 2. The molecule has 0 aromatic carbocycles. The normalized spacial score (nSPS) is 18.8. The van der Waals surface area contributed by atoms with E-state index in [-0.39, 0.29) is 11.4 Å². The molecule has 0 spiro atoms. The van der Waals surface area contributed by atoms with Crippen LogP contribution < -0.4 is 11.1 Å². The molecule has 1 aliphatic carbocycles. The van der Waals surface area contributed by atoms with Crippen molar-refractivity contribution in [3.8, 4) is 0 Å². The van der Waals surface area contributed by atoms with E-state index < -0.39 is 0 Å². The van der Waals surface area contributed by atoms with Crippen molar-refractivity contribution in [2.75, 3.05) is 6.54 Å². The van der Waals surface area contributed by atoms with Crippen LogP contribution in [0.3, 0.4) is 0 Å². The third-order valence-corrected chi connectivity index (χ3v) is 3.91. The highest BCUT2D eigenvalue weighted by atomic mass is 16.2. The van der Waals surface area contributed by atoms with E-state index in [1.54, 1.807) is 0 Å². The van der Waals surface area contributed by atoms with Gasteiger partial charge < -0.3 is 15.6 Å². The number of nitrogens with one attached hydrogen (secondary N) is 1. The number of nitrogens with zero attached hydrogens (tertiary/aromatic N) is 1. The second-order valence-corrected chi connectivity index (χ2v) is 5.27. The molecular formula is C13H21N3O. The fourth-order valence-corrected chi connectivity index (χ4v) is 2.20. The average molecular weight is 235 g/mol. The fraction of sp³-hybridized carbons (Fsp3) is 0.615. The van der Waals surface area contributed by atoms with Gasteiger partial charge in [0.1, 0.15) is 5.69 Å². The minimum Gasteiger partial charge on any atom is -0.344 e. The lowest BCUT2D eigenvalue weighted by molar-refractivity contribution is 0.0889. The van der Waals surface area contributed by atoms with E-state index in [2.05, 4.69) is 5.32 Å². The van der Waals surface area contributed by atoms with Gasteiger partial charge in [-0.1, -0.05) is 0 Å². The summed E-state index contributed by atoms with van der Waals surface area (Å²) in [7, 11) is 1.90. The number of aromatic nitrogens is 1. The van der Waals surface area contributed by atoms with Gasteiger partial charge in [0.2, 0.25) is 0 Å². The Hall–Kier alpha value is -1.29. The zero-order valence-corrected chi connectivity index (χ0v) is 10.8. The first-order valence-electron chi connectivity index (χ1n) is 6.13. The number of carbonyl (C=O) groups is 1. The van der Waals surface area contributed by atoms with Gasteiger partial charge in [-0.05, 0) is 44.7 Å². The van der Waals surface area contributed by atoms with E-state index in [1.165, 1.54) is 12.8 Å². The second kappa shape index (κ2) is 4.18. The maximum atomic E-state index is 12.2. The van der Waals surface area contributed by atoms with Crippen molar-refractivity contribution in [2.24, 2.45) is 18.7 Å². The van der Waals surface area contributed by atoms with E-state index in [9.17, 15) is 4.79 Å². The van der Waals surface area contributed by atoms with Crippen molar-refractivity contribution in [1.29, 1.82) is 0 Å². The Bertz CT molecular complexity index is 434. The Labute approximate surface area is 102 Å². The summed E-state index contributed by atoms with van der Waals surface area (Å²) in [4.78, 5) is 12.2. The molecule has 4 nitrogen and oxygen atoms in total. The van der Waals surface area contributed by atoms with Crippen molar-refractivity contribution in [3.63, 3.8) is 0 Å². The fourth-order valence-electron chi connectivity index (χ4n) is 2.20. The Balaban J connectivity index is 2.13. The molecule has 17 heavy (non-hydrogen) atoms. The molecule has 94 valence electrons. The maximum Gasteiger partial charge on any atom is 0.268 e. The Kier molecular flexibility index (Phi) is 3.00. The first kappa shape index (κ1) is 12.2. The zero-order valence-electron chi connectivity index (χ0n) is 10.8. The molecule has 4 heteroatoms. The molecule has 1 fully saturated rings. The molecule has 1 aromatic heterocycles. The Morgan fingerprint density at radius 1 is 1.59 bits per heavy atom. The number of rotatable bonds is 4. The lowest BCUT2D eigenvalue weighted by Crippen LogP contribution is -2.53. The van der Waals surface area contributed by atoms with E-state index in [4.69, 9.17) is 5.73 Å². The van der Waals surface area contributed by atoms with Gasteiger partial charge in [0.05, 0.1) is 5.54 Å². The minimum absolute atomic E-state index is 0.0274. The zero-order chi connectivity index (χ0) is 12.6. The number of amides is 1. The van der Waals surface area contributed by atoms with Crippen molar-refractivity contribution in [3.05, 3.63) is 23.5 Å². The van der Waals surface area contributed by atoms with Crippen LogP contribution in [-0.2, 0) is 7.05 Å².